The number of hydrogen-bond donors (Lipinski definition) is 4. The van der Waals surface area contributed by atoms with Crippen molar-refractivity contribution in [2.45, 2.75) is 6.29 Å². The van der Waals surface area contributed by atoms with Gasteiger partial charge in [-0.3, -0.25) is 10.2 Å². The zero-order chi connectivity index (χ0) is 16.4. The molecular weight excluding hydrogens is 304 g/mol. The predicted octanol–water partition coefficient (Wildman–Crippen LogP) is 1.37. The van der Waals surface area contributed by atoms with E-state index in [9.17, 15) is 13.6 Å². The third kappa shape index (κ3) is 3.20. The summed E-state index contributed by atoms with van der Waals surface area (Å²) in [5.74, 6) is -1.39. The van der Waals surface area contributed by atoms with Gasteiger partial charge in [0.25, 0.3) is 5.91 Å². The number of amides is 1. The molecule has 2 aromatic carbocycles. The molecule has 1 aliphatic heterocycles. The molecule has 0 fully saturated rings. The van der Waals surface area contributed by atoms with E-state index in [2.05, 4.69) is 21.2 Å². The van der Waals surface area contributed by atoms with Gasteiger partial charge in [-0.05, 0) is 42.5 Å². The van der Waals surface area contributed by atoms with Crippen LogP contribution in [-0.4, -0.2) is 17.9 Å². The molecule has 2 aromatic rings. The van der Waals surface area contributed by atoms with Crippen LogP contribution >= 0.6 is 0 Å². The molecule has 0 bridgehead atoms. The first-order valence-electron chi connectivity index (χ1n) is 6.74. The highest BCUT2D eigenvalue weighted by molar-refractivity contribution is 6.46. The zero-order valence-electron chi connectivity index (χ0n) is 11.8. The Morgan fingerprint density at radius 3 is 2.48 bits per heavy atom. The molecule has 1 atom stereocenters. The molecule has 8 heteroatoms. The Balaban J connectivity index is 1.77. The van der Waals surface area contributed by atoms with E-state index < -0.39 is 18.0 Å². The standard InChI is InChI=1S/C15H13F2N5O/c16-8-1-4-10(5-2-8)19-15-20-14(23)13(21-22-15)11-7-9(17)3-6-12(11)18/h1-7,15,19,22H,18H2,(H,20,23). The lowest BCUT2D eigenvalue weighted by molar-refractivity contribution is -0.115. The molecule has 0 radical (unpaired) electrons. The van der Waals surface area contributed by atoms with E-state index in [4.69, 9.17) is 5.73 Å². The molecule has 1 amide bonds. The average Bonchev–Trinajstić information content (AvgIpc) is 2.52. The lowest BCUT2D eigenvalue weighted by Gasteiger charge is -2.25. The van der Waals surface area contributed by atoms with Crippen molar-refractivity contribution >= 4 is 23.0 Å². The van der Waals surface area contributed by atoms with E-state index in [0.717, 1.165) is 6.07 Å². The van der Waals surface area contributed by atoms with Crippen molar-refractivity contribution < 1.29 is 13.6 Å². The monoisotopic (exact) mass is 317 g/mol. The van der Waals surface area contributed by atoms with Gasteiger partial charge in [-0.15, -0.1) is 0 Å². The van der Waals surface area contributed by atoms with Gasteiger partial charge in [0.2, 0.25) is 0 Å². The van der Waals surface area contributed by atoms with Gasteiger partial charge >= 0.3 is 0 Å². The molecule has 1 aliphatic rings. The Bertz CT molecular complexity index is 776. The number of benzene rings is 2. The van der Waals surface area contributed by atoms with Gasteiger partial charge < -0.3 is 16.4 Å². The molecule has 0 spiro atoms. The highest BCUT2D eigenvalue weighted by Gasteiger charge is 2.25. The fraction of sp³-hybridized carbons (Fsp3) is 0.0667. The number of anilines is 2. The van der Waals surface area contributed by atoms with Gasteiger partial charge in [0.15, 0.2) is 12.0 Å². The minimum atomic E-state index is -0.688. The molecule has 3 rings (SSSR count). The quantitative estimate of drug-likeness (QED) is 0.643. The fourth-order valence-corrected chi connectivity index (χ4v) is 2.11. The second-order valence-corrected chi connectivity index (χ2v) is 4.88. The number of nitrogens with zero attached hydrogens (tertiary/aromatic N) is 1. The van der Waals surface area contributed by atoms with E-state index in [1.807, 2.05) is 0 Å². The van der Waals surface area contributed by atoms with Gasteiger partial charge in [-0.2, -0.15) is 5.10 Å². The lowest BCUT2D eigenvalue weighted by Crippen LogP contribution is -2.55. The number of nitrogen functional groups attached to an aromatic ring is 1. The number of nitrogens with two attached hydrogens (primary N) is 1. The summed E-state index contributed by atoms with van der Waals surface area (Å²) in [7, 11) is 0. The van der Waals surface area contributed by atoms with Gasteiger partial charge in [-0.25, -0.2) is 8.78 Å². The van der Waals surface area contributed by atoms with Crippen LogP contribution < -0.4 is 21.8 Å². The minimum absolute atomic E-state index is 0.0147. The van der Waals surface area contributed by atoms with Crippen molar-refractivity contribution in [3.05, 3.63) is 59.7 Å². The van der Waals surface area contributed by atoms with Crippen LogP contribution in [0.2, 0.25) is 0 Å². The third-order valence-electron chi connectivity index (χ3n) is 3.22. The molecule has 0 aromatic heterocycles. The summed E-state index contributed by atoms with van der Waals surface area (Å²) in [6, 6.07) is 9.32. The van der Waals surface area contributed by atoms with E-state index in [1.54, 1.807) is 0 Å². The zero-order valence-corrected chi connectivity index (χ0v) is 11.8. The maximum atomic E-state index is 13.3. The van der Waals surface area contributed by atoms with Crippen molar-refractivity contribution in [2.24, 2.45) is 5.10 Å². The van der Waals surface area contributed by atoms with Crippen molar-refractivity contribution in [1.29, 1.82) is 0 Å². The SMILES string of the molecule is Nc1ccc(F)cc1C1=NNC(Nc2ccc(F)cc2)NC1=O. The van der Waals surface area contributed by atoms with Crippen molar-refractivity contribution in [1.82, 2.24) is 10.7 Å². The first kappa shape index (κ1) is 14.8. The molecule has 5 N–H and O–H groups in total. The predicted molar refractivity (Wildman–Crippen MR) is 82.4 cm³/mol. The molecule has 1 unspecified atom stereocenters. The summed E-state index contributed by atoms with van der Waals surface area (Å²) < 4.78 is 26.2. The molecule has 118 valence electrons. The number of hydrazone groups is 1. The smallest absolute Gasteiger partial charge is 0.275 e. The van der Waals surface area contributed by atoms with Gasteiger partial charge in [0.1, 0.15) is 11.6 Å². The van der Waals surface area contributed by atoms with Gasteiger partial charge in [0.05, 0.1) is 0 Å². The average molecular weight is 317 g/mol. The summed E-state index contributed by atoms with van der Waals surface area (Å²) in [4.78, 5) is 12.2. The fourth-order valence-electron chi connectivity index (χ4n) is 2.11. The molecule has 0 aliphatic carbocycles. The highest BCUT2D eigenvalue weighted by Crippen LogP contribution is 2.16. The number of nitrogens with one attached hydrogen (secondary N) is 3. The molecule has 23 heavy (non-hydrogen) atoms. The van der Waals surface area contributed by atoms with E-state index >= 15 is 0 Å². The van der Waals surface area contributed by atoms with Crippen molar-refractivity contribution in [3.8, 4) is 0 Å². The normalized spacial score (nSPS) is 17.0. The third-order valence-corrected chi connectivity index (χ3v) is 3.22. The lowest BCUT2D eigenvalue weighted by atomic mass is 10.1. The van der Waals surface area contributed by atoms with Crippen LogP contribution in [0.15, 0.2) is 47.6 Å². The van der Waals surface area contributed by atoms with Crippen LogP contribution in [0.1, 0.15) is 5.56 Å². The van der Waals surface area contributed by atoms with Crippen molar-refractivity contribution in [3.63, 3.8) is 0 Å². The highest BCUT2D eigenvalue weighted by atomic mass is 19.1. The van der Waals surface area contributed by atoms with Crippen molar-refractivity contribution in [2.75, 3.05) is 11.1 Å². The van der Waals surface area contributed by atoms with Crippen LogP contribution in [0.25, 0.3) is 0 Å². The maximum absolute atomic E-state index is 13.3. The van der Waals surface area contributed by atoms with Crippen LogP contribution in [0.5, 0.6) is 0 Å². The topological polar surface area (TPSA) is 91.5 Å². The summed E-state index contributed by atoms with van der Waals surface area (Å²) in [6.07, 6.45) is -0.688. The second kappa shape index (κ2) is 5.91. The molecule has 6 nitrogen and oxygen atoms in total. The maximum Gasteiger partial charge on any atom is 0.275 e. The van der Waals surface area contributed by atoms with E-state index in [1.165, 1.54) is 36.4 Å². The van der Waals surface area contributed by atoms with Gasteiger partial charge in [0, 0.05) is 16.9 Å². The number of rotatable bonds is 3. The molecule has 0 saturated carbocycles. The first-order chi connectivity index (χ1) is 11.0. The Morgan fingerprint density at radius 1 is 1.09 bits per heavy atom. The second-order valence-electron chi connectivity index (χ2n) is 4.88. The van der Waals surface area contributed by atoms with Crippen LogP contribution in [-0.2, 0) is 4.79 Å². The van der Waals surface area contributed by atoms with E-state index in [0.29, 0.717) is 5.69 Å². The molecule has 1 heterocycles. The number of carbonyl (C=O) groups excluding carboxylic acids is 1. The Kier molecular flexibility index (Phi) is 3.80. The number of halogens is 2. The summed E-state index contributed by atoms with van der Waals surface area (Å²) in [5, 5.41) is 9.47. The van der Waals surface area contributed by atoms with Crippen LogP contribution in [0.3, 0.4) is 0 Å². The summed E-state index contributed by atoms with van der Waals surface area (Å²) in [6.45, 7) is 0. The van der Waals surface area contributed by atoms with Gasteiger partial charge in [-0.1, -0.05) is 0 Å². The Morgan fingerprint density at radius 2 is 1.78 bits per heavy atom. The van der Waals surface area contributed by atoms with Crippen LogP contribution in [0.4, 0.5) is 20.2 Å². The largest absolute Gasteiger partial charge is 0.398 e. The Labute approximate surface area is 130 Å². The first-order valence-corrected chi connectivity index (χ1v) is 6.74. The summed E-state index contributed by atoms with van der Waals surface area (Å²) in [5.41, 5.74) is 9.45. The number of carbonyl (C=O) groups is 1. The molecule has 0 saturated heterocycles. The minimum Gasteiger partial charge on any atom is -0.398 e. The number of hydrogen-bond acceptors (Lipinski definition) is 5. The van der Waals surface area contributed by atoms with E-state index in [-0.39, 0.29) is 22.8 Å². The van der Waals surface area contributed by atoms with Crippen LogP contribution in [0, 0.1) is 11.6 Å². The molecular formula is C15H13F2N5O. The Hall–Kier alpha value is -3.16. The summed E-state index contributed by atoms with van der Waals surface area (Å²) >= 11 is 0.